The lowest BCUT2D eigenvalue weighted by Crippen LogP contribution is -2.21. The lowest BCUT2D eigenvalue weighted by molar-refractivity contribution is 0.498. The van der Waals surface area contributed by atoms with Crippen LogP contribution in [0.2, 0.25) is 0 Å². The summed E-state index contributed by atoms with van der Waals surface area (Å²) < 4.78 is 0. The van der Waals surface area contributed by atoms with E-state index in [-0.39, 0.29) is 5.41 Å². The summed E-state index contributed by atoms with van der Waals surface area (Å²) in [4.78, 5) is 0. The van der Waals surface area contributed by atoms with Crippen molar-refractivity contribution in [2.75, 3.05) is 6.54 Å². The minimum atomic E-state index is 0.137. The second kappa shape index (κ2) is 5.31. The van der Waals surface area contributed by atoms with Gasteiger partial charge in [0.2, 0.25) is 0 Å². The van der Waals surface area contributed by atoms with Gasteiger partial charge >= 0.3 is 0 Å². The monoisotopic (exact) mass is 279 g/mol. The second-order valence-electron chi connectivity index (χ2n) is 6.68. The Hall–Kier alpha value is -1.60. The van der Waals surface area contributed by atoms with Crippen molar-refractivity contribution in [2.45, 2.75) is 45.4 Å². The van der Waals surface area contributed by atoms with E-state index in [2.05, 4.69) is 57.2 Å². The number of hydrogen-bond donors (Lipinski definition) is 1. The highest BCUT2D eigenvalue weighted by atomic mass is 14.5. The Bertz CT molecular complexity index is 618. The second-order valence-corrected chi connectivity index (χ2v) is 6.68. The molecule has 2 aromatic rings. The van der Waals surface area contributed by atoms with Crippen molar-refractivity contribution >= 4 is 0 Å². The van der Waals surface area contributed by atoms with Gasteiger partial charge in [-0.1, -0.05) is 60.9 Å². The minimum absolute atomic E-state index is 0.137. The summed E-state index contributed by atoms with van der Waals surface area (Å²) in [7, 11) is 0. The van der Waals surface area contributed by atoms with Gasteiger partial charge in [-0.25, -0.2) is 0 Å². The summed E-state index contributed by atoms with van der Waals surface area (Å²) in [5.74, 6) is 0. The third kappa shape index (κ3) is 2.30. The third-order valence-electron chi connectivity index (χ3n) is 4.96. The molecule has 0 saturated carbocycles. The van der Waals surface area contributed by atoms with E-state index in [0.717, 1.165) is 13.0 Å². The van der Waals surface area contributed by atoms with Crippen LogP contribution in [0.1, 0.15) is 48.4 Å². The fourth-order valence-corrected chi connectivity index (χ4v) is 3.74. The third-order valence-corrected chi connectivity index (χ3v) is 4.96. The number of hydrogen-bond acceptors (Lipinski definition) is 1. The smallest absolute Gasteiger partial charge is 0.0187 e. The molecular formula is C20H25N. The predicted molar refractivity (Wildman–Crippen MR) is 90.7 cm³/mol. The van der Waals surface area contributed by atoms with Gasteiger partial charge in [-0.2, -0.15) is 0 Å². The lowest BCUT2D eigenvalue weighted by atomic mass is 9.75. The number of unbranched alkanes of at least 4 members (excludes halogenated alkanes) is 1. The molecular weight excluding hydrogens is 254 g/mol. The first-order valence-electron chi connectivity index (χ1n) is 7.99. The van der Waals surface area contributed by atoms with Crippen LogP contribution in [0.25, 0.3) is 11.1 Å². The average Bonchev–Trinajstić information content (AvgIpc) is 2.69. The molecule has 1 nitrogen and oxygen atoms in total. The maximum atomic E-state index is 5.69. The van der Waals surface area contributed by atoms with E-state index in [1.807, 2.05) is 0 Å². The number of aryl methyl sites for hydroxylation is 2. The van der Waals surface area contributed by atoms with E-state index in [1.165, 1.54) is 46.2 Å². The van der Waals surface area contributed by atoms with Crippen molar-refractivity contribution in [2.24, 2.45) is 5.73 Å². The molecule has 0 atom stereocenters. The van der Waals surface area contributed by atoms with Crippen molar-refractivity contribution in [3.8, 4) is 11.1 Å². The van der Waals surface area contributed by atoms with Crippen LogP contribution in [0.5, 0.6) is 0 Å². The molecule has 0 amide bonds. The van der Waals surface area contributed by atoms with Crippen LogP contribution >= 0.6 is 0 Å². The van der Waals surface area contributed by atoms with Gasteiger partial charge in [-0.05, 0) is 55.5 Å². The summed E-state index contributed by atoms with van der Waals surface area (Å²) in [6.07, 6.45) is 3.47. The summed E-state index contributed by atoms with van der Waals surface area (Å²) in [6, 6.07) is 13.8. The van der Waals surface area contributed by atoms with Crippen molar-refractivity contribution in [3.63, 3.8) is 0 Å². The normalized spacial score (nSPS) is 14.9. The number of rotatable bonds is 4. The first-order chi connectivity index (χ1) is 10.1. The molecule has 3 rings (SSSR count). The van der Waals surface area contributed by atoms with E-state index in [1.54, 1.807) is 0 Å². The highest BCUT2D eigenvalue weighted by Crippen LogP contribution is 2.51. The number of benzene rings is 2. The molecule has 0 fully saturated rings. The van der Waals surface area contributed by atoms with E-state index in [0.29, 0.717) is 0 Å². The summed E-state index contributed by atoms with van der Waals surface area (Å²) in [5, 5.41) is 0. The Morgan fingerprint density at radius 2 is 1.38 bits per heavy atom. The molecule has 0 bridgehead atoms. The van der Waals surface area contributed by atoms with Crippen LogP contribution in [0, 0.1) is 13.8 Å². The average molecular weight is 279 g/mol. The number of nitrogens with two attached hydrogens (primary N) is 1. The van der Waals surface area contributed by atoms with Gasteiger partial charge in [0.15, 0.2) is 0 Å². The van der Waals surface area contributed by atoms with Crippen LogP contribution in [-0.2, 0) is 5.41 Å². The highest BCUT2D eigenvalue weighted by molar-refractivity contribution is 5.81. The topological polar surface area (TPSA) is 26.0 Å². The summed E-state index contributed by atoms with van der Waals surface area (Å²) >= 11 is 0. The maximum Gasteiger partial charge on any atom is 0.0187 e. The molecule has 1 aliphatic carbocycles. The molecule has 110 valence electrons. The SMILES string of the molecule is Cc1ccc2c(c1)C(C)(CCCCN)c1cc(C)ccc1-2. The predicted octanol–water partition coefficient (Wildman–Crippen LogP) is 4.72. The van der Waals surface area contributed by atoms with E-state index >= 15 is 0 Å². The quantitative estimate of drug-likeness (QED) is 0.805. The van der Waals surface area contributed by atoms with E-state index < -0.39 is 0 Å². The first-order valence-corrected chi connectivity index (χ1v) is 7.99. The molecule has 1 aliphatic rings. The van der Waals surface area contributed by atoms with Gasteiger partial charge in [-0.15, -0.1) is 0 Å². The van der Waals surface area contributed by atoms with Crippen LogP contribution in [-0.4, -0.2) is 6.54 Å². The van der Waals surface area contributed by atoms with Crippen molar-refractivity contribution in [3.05, 3.63) is 58.7 Å². The standard InChI is InChI=1S/C20H25N/c1-14-6-8-16-17-9-7-15(2)13-19(17)20(3,18(16)12-14)10-4-5-11-21/h6-9,12-13H,4-5,10-11,21H2,1-3H3. The Morgan fingerprint density at radius 1 is 0.857 bits per heavy atom. The van der Waals surface area contributed by atoms with Crippen LogP contribution in [0.3, 0.4) is 0 Å². The Balaban J connectivity index is 2.14. The molecule has 0 saturated heterocycles. The van der Waals surface area contributed by atoms with Gasteiger partial charge in [0.1, 0.15) is 0 Å². The molecule has 0 aromatic heterocycles. The molecule has 21 heavy (non-hydrogen) atoms. The first kappa shape index (κ1) is 14.3. The zero-order valence-corrected chi connectivity index (χ0v) is 13.4. The molecule has 0 unspecified atom stereocenters. The maximum absolute atomic E-state index is 5.69. The fourth-order valence-electron chi connectivity index (χ4n) is 3.74. The molecule has 2 aromatic carbocycles. The van der Waals surface area contributed by atoms with Gasteiger partial charge < -0.3 is 5.73 Å². The van der Waals surface area contributed by atoms with Crippen molar-refractivity contribution in [1.29, 1.82) is 0 Å². The molecule has 0 aliphatic heterocycles. The molecule has 2 N–H and O–H groups in total. The van der Waals surface area contributed by atoms with Crippen LogP contribution in [0.15, 0.2) is 36.4 Å². The minimum Gasteiger partial charge on any atom is -0.330 e. The van der Waals surface area contributed by atoms with Gasteiger partial charge in [0, 0.05) is 5.41 Å². The molecule has 0 radical (unpaired) electrons. The van der Waals surface area contributed by atoms with Gasteiger partial charge in [0.05, 0.1) is 0 Å². The fraction of sp³-hybridized carbons (Fsp3) is 0.400. The van der Waals surface area contributed by atoms with Crippen LogP contribution in [0.4, 0.5) is 0 Å². The van der Waals surface area contributed by atoms with Gasteiger partial charge in [-0.3, -0.25) is 0 Å². The summed E-state index contributed by atoms with van der Waals surface area (Å²) in [6.45, 7) is 7.58. The summed E-state index contributed by atoms with van der Waals surface area (Å²) in [5.41, 5.74) is 14.4. The Kier molecular flexibility index (Phi) is 3.62. The lowest BCUT2D eigenvalue weighted by Gasteiger charge is -2.28. The Labute approximate surface area is 128 Å². The van der Waals surface area contributed by atoms with Crippen LogP contribution < -0.4 is 5.73 Å². The molecule has 1 heteroatoms. The molecule has 0 heterocycles. The zero-order valence-electron chi connectivity index (χ0n) is 13.4. The van der Waals surface area contributed by atoms with Gasteiger partial charge in [0.25, 0.3) is 0 Å². The van der Waals surface area contributed by atoms with Crippen molar-refractivity contribution in [1.82, 2.24) is 0 Å². The van der Waals surface area contributed by atoms with E-state index in [4.69, 9.17) is 5.73 Å². The Morgan fingerprint density at radius 3 is 1.86 bits per heavy atom. The highest BCUT2D eigenvalue weighted by Gasteiger charge is 2.38. The van der Waals surface area contributed by atoms with Crippen molar-refractivity contribution < 1.29 is 0 Å². The number of fused-ring (bicyclic) bond motifs is 3. The van der Waals surface area contributed by atoms with E-state index in [9.17, 15) is 0 Å². The zero-order chi connectivity index (χ0) is 15.0. The largest absolute Gasteiger partial charge is 0.330 e. The molecule has 0 spiro atoms.